The molecule has 18 heavy (non-hydrogen) atoms. The molecule has 1 aromatic heterocycles. The van der Waals surface area contributed by atoms with Gasteiger partial charge < -0.3 is 5.11 Å². The molecular formula is C15H14FNO. The fourth-order valence-electron chi connectivity index (χ4n) is 2.72. The van der Waals surface area contributed by atoms with Crippen LogP contribution in [0.2, 0.25) is 0 Å². The van der Waals surface area contributed by atoms with Crippen LogP contribution in [-0.4, -0.2) is 10.1 Å². The normalized spacial score (nSPS) is 21.9. The third kappa shape index (κ3) is 1.91. The second kappa shape index (κ2) is 4.18. The van der Waals surface area contributed by atoms with Gasteiger partial charge in [0.2, 0.25) is 0 Å². The van der Waals surface area contributed by atoms with E-state index in [1.165, 1.54) is 12.1 Å². The first-order chi connectivity index (χ1) is 8.67. The molecule has 1 heterocycles. The Morgan fingerprint density at radius 1 is 1.33 bits per heavy atom. The summed E-state index contributed by atoms with van der Waals surface area (Å²) in [4.78, 5) is 4.06. The van der Waals surface area contributed by atoms with E-state index in [1.54, 1.807) is 18.5 Å². The van der Waals surface area contributed by atoms with E-state index in [0.717, 1.165) is 23.1 Å². The predicted octanol–water partition coefficient (Wildman–Crippen LogP) is 2.60. The zero-order valence-corrected chi connectivity index (χ0v) is 9.94. The number of hydrogen-bond donors (Lipinski definition) is 1. The fourth-order valence-corrected chi connectivity index (χ4v) is 2.72. The van der Waals surface area contributed by atoms with Crippen molar-refractivity contribution < 1.29 is 9.50 Å². The fraction of sp³-hybridized carbons (Fsp3) is 0.267. The summed E-state index contributed by atoms with van der Waals surface area (Å²) in [6, 6.07) is 8.45. The van der Waals surface area contributed by atoms with E-state index in [1.807, 2.05) is 12.1 Å². The van der Waals surface area contributed by atoms with Crippen LogP contribution in [0.1, 0.15) is 23.1 Å². The largest absolute Gasteiger partial charge is 0.385 e. The van der Waals surface area contributed by atoms with Gasteiger partial charge in [-0.2, -0.15) is 0 Å². The highest BCUT2D eigenvalue weighted by Gasteiger charge is 2.36. The molecule has 0 radical (unpaired) electrons. The molecule has 92 valence electrons. The summed E-state index contributed by atoms with van der Waals surface area (Å²) in [6.07, 6.45) is 5.37. The highest BCUT2D eigenvalue weighted by atomic mass is 19.1. The van der Waals surface area contributed by atoms with Crippen LogP contribution in [0.5, 0.6) is 0 Å². The monoisotopic (exact) mass is 243 g/mol. The molecule has 0 fully saturated rings. The van der Waals surface area contributed by atoms with E-state index in [9.17, 15) is 9.50 Å². The van der Waals surface area contributed by atoms with Crippen LogP contribution >= 0.6 is 0 Å². The molecule has 3 heteroatoms. The van der Waals surface area contributed by atoms with Gasteiger partial charge in [0.1, 0.15) is 5.82 Å². The van der Waals surface area contributed by atoms with Crippen molar-refractivity contribution in [2.24, 2.45) is 0 Å². The van der Waals surface area contributed by atoms with Gasteiger partial charge in [-0.1, -0.05) is 12.1 Å². The van der Waals surface area contributed by atoms with Gasteiger partial charge in [-0.25, -0.2) is 4.39 Å². The van der Waals surface area contributed by atoms with Crippen molar-refractivity contribution >= 4 is 0 Å². The number of halogens is 1. The minimum absolute atomic E-state index is 0.237. The summed E-state index contributed by atoms with van der Waals surface area (Å²) in [5, 5.41) is 10.7. The molecule has 1 aliphatic rings. The van der Waals surface area contributed by atoms with Gasteiger partial charge in [-0.15, -0.1) is 0 Å². The summed E-state index contributed by atoms with van der Waals surface area (Å²) in [5.41, 5.74) is 1.89. The molecule has 1 aliphatic carbocycles. The van der Waals surface area contributed by atoms with E-state index in [0.29, 0.717) is 12.8 Å². The van der Waals surface area contributed by atoms with E-state index in [4.69, 9.17) is 0 Å². The van der Waals surface area contributed by atoms with E-state index >= 15 is 0 Å². The average molecular weight is 243 g/mol. The van der Waals surface area contributed by atoms with Gasteiger partial charge in [0, 0.05) is 18.8 Å². The first-order valence-electron chi connectivity index (χ1n) is 6.08. The smallest absolute Gasteiger partial charge is 0.123 e. The molecule has 0 saturated carbocycles. The highest BCUT2D eigenvalue weighted by Crippen LogP contribution is 2.39. The second-order valence-corrected chi connectivity index (χ2v) is 4.87. The van der Waals surface area contributed by atoms with Crippen molar-refractivity contribution in [3.63, 3.8) is 0 Å². The van der Waals surface area contributed by atoms with Crippen LogP contribution in [0, 0.1) is 5.82 Å². The molecule has 2 aromatic rings. The van der Waals surface area contributed by atoms with Gasteiger partial charge in [-0.05, 0) is 47.7 Å². The number of pyridine rings is 1. The Morgan fingerprint density at radius 3 is 3.00 bits per heavy atom. The molecule has 0 spiro atoms. The topological polar surface area (TPSA) is 33.1 Å². The SMILES string of the molecule is OC1(Cc2cccnc2)CCc2cc(F)ccc21. The molecule has 0 amide bonds. The van der Waals surface area contributed by atoms with Gasteiger partial charge >= 0.3 is 0 Å². The summed E-state index contributed by atoms with van der Waals surface area (Å²) >= 11 is 0. The summed E-state index contributed by atoms with van der Waals surface area (Å²) in [7, 11) is 0. The van der Waals surface area contributed by atoms with Crippen LogP contribution in [-0.2, 0) is 18.4 Å². The maximum absolute atomic E-state index is 13.1. The Morgan fingerprint density at radius 2 is 2.22 bits per heavy atom. The lowest BCUT2D eigenvalue weighted by Gasteiger charge is -2.24. The summed E-state index contributed by atoms with van der Waals surface area (Å²) in [5.74, 6) is -0.237. The minimum atomic E-state index is -0.883. The minimum Gasteiger partial charge on any atom is -0.385 e. The lowest BCUT2D eigenvalue weighted by molar-refractivity contribution is 0.0389. The molecule has 1 unspecified atom stereocenters. The van der Waals surface area contributed by atoms with Crippen molar-refractivity contribution in [3.05, 3.63) is 65.2 Å². The van der Waals surface area contributed by atoms with Crippen molar-refractivity contribution in [1.82, 2.24) is 4.98 Å². The zero-order chi connectivity index (χ0) is 12.6. The molecule has 1 N–H and O–H groups in total. The third-order valence-electron chi connectivity index (χ3n) is 3.60. The maximum Gasteiger partial charge on any atom is 0.123 e. The Bertz CT molecular complexity index is 570. The number of nitrogens with zero attached hydrogens (tertiary/aromatic N) is 1. The number of aromatic nitrogens is 1. The van der Waals surface area contributed by atoms with Crippen LogP contribution < -0.4 is 0 Å². The van der Waals surface area contributed by atoms with Crippen molar-refractivity contribution in [1.29, 1.82) is 0 Å². The van der Waals surface area contributed by atoms with Gasteiger partial charge in [0.15, 0.2) is 0 Å². The Balaban J connectivity index is 1.94. The Labute approximate surface area is 105 Å². The van der Waals surface area contributed by atoms with Gasteiger partial charge in [0.25, 0.3) is 0 Å². The first kappa shape index (κ1) is 11.4. The van der Waals surface area contributed by atoms with Crippen LogP contribution in [0.3, 0.4) is 0 Å². The molecule has 0 saturated heterocycles. The van der Waals surface area contributed by atoms with Gasteiger partial charge in [0.05, 0.1) is 5.60 Å². The molecule has 3 rings (SSSR count). The Hall–Kier alpha value is -1.74. The average Bonchev–Trinajstić information content (AvgIpc) is 2.67. The van der Waals surface area contributed by atoms with E-state index < -0.39 is 5.60 Å². The van der Waals surface area contributed by atoms with Crippen molar-refractivity contribution in [2.45, 2.75) is 24.9 Å². The van der Waals surface area contributed by atoms with Crippen LogP contribution in [0.15, 0.2) is 42.7 Å². The second-order valence-electron chi connectivity index (χ2n) is 4.87. The Kier molecular flexibility index (Phi) is 2.63. The molecule has 0 bridgehead atoms. The zero-order valence-electron chi connectivity index (χ0n) is 9.94. The van der Waals surface area contributed by atoms with Crippen LogP contribution in [0.25, 0.3) is 0 Å². The number of fused-ring (bicyclic) bond motifs is 1. The highest BCUT2D eigenvalue weighted by molar-refractivity contribution is 5.38. The first-order valence-corrected chi connectivity index (χ1v) is 6.08. The summed E-state index contributed by atoms with van der Waals surface area (Å²) < 4.78 is 13.1. The number of aryl methyl sites for hydroxylation is 1. The summed E-state index contributed by atoms with van der Waals surface area (Å²) in [6.45, 7) is 0. The number of benzene rings is 1. The quantitative estimate of drug-likeness (QED) is 0.879. The molecule has 1 atom stereocenters. The molecular weight excluding hydrogens is 229 g/mol. The standard InChI is InChI=1S/C15H14FNO/c16-13-3-4-14-12(8-13)5-6-15(14,18)9-11-2-1-7-17-10-11/h1-4,7-8,10,18H,5-6,9H2. The lowest BCUT2D eigenvalue weighted by atomic mass is 9.89. The predicted molar refractivity (Wildman–Crippen MR) is 66.6 cm³/mol. The number of hydrogen-bond acceptors (Lipinski definition) is 2. The van der Waals surface area contributed by atoms with Crippen LogP contribution in [0.4, 0.5) is 4.39 Å². The van der Waals surface area contributed by atoms with Crippen molar-refractivity contribution in [2.75, 3.05) is 0 Å². The number of aliphatic hydroxyl groups is 1. The lowest BCUT2D eigenvalue weighted by Crippen LogP contribution is -2.25. The molecule has 0 aliphatic heterocycles. The van der Waals surface area contributed by atoms with Gasteiger partial charge in [-0.3, -0.25) is 4.98 Å². The molecule has 2 nitrogen and oxygen atoms in total. The molecule has 1 aromatic carbocycles. The van der Waals surface area contributed by atoms with E-state index in [-0.39, 0.29) is 5.82 Å². The van der Waals surface area contributed by atoms with E-state index in [2.05, 4.69) is 4.98 Å². The van der Waals surface area contributed by atoms with Crippen molar-refractivity contribution in [3.8, 4) is 0 Å². The maximum atomic E-state index is 13.1. The third-order valence-corrected chi connectivity index (χ3v) is 3.60. The number of rotatable bonds is 2.